The zero-order chi connectivity index (χ0) is 13.9. The quantitative estimate of drug-likeness (QED) is 0.788. The fourth-order valence-electron chi connectivity index (χ4n) is 1.67. The van der Waals surface area contributed by atoms with E-state index < -0.39 is 0 Å². The monoisotopic (exact) mass is 349 g/mol. The Hall–Kier alpha value is -2.06. The third-order valence-corrected chi connectivity index (χ3v) is 4.08. The number of nitrogens with one attached hydrogen (secondary N) is 1. The molecule has 3 rings (SSSR count). The highest BCUT2D eigenvalue weighted by Gasteiger charge is 2.11. The lowest BCUT2D eigenvalue weighted by Crippen LogP contribution is -2.13. The van der Waals surface area contributed by atoms with Gasteiger partial charge in [0.25, 0.3) is 5.91 Å². The van der Waals surface area contributed by atoms with Crippen LogP contribution < -0.4 is 5.32 Å². The van der Waals surface area contributed by atoms with E-state index in [4.69, 9.17) is 0 Å². The highest BCUT2D eigenvalue weighted by atomic mass is 79.9. The molecular weight excluding hydrogens is 342 g/mol. The van der Waals surface area contributed by atoms with Crippen molar-refractivity contribution in [2.24, 2.45) is 0 Å². The molecule has 2 aromatic heterocycles. The first-order valence-corrected chi connectivity index (χ1v) is 7.29. The number of hydrogen-bond donors (Lipinski definition) is 1. The van der Waals surface area contributed by atoms with Gasteiger partial charge in [-0.25, -0.2) is 0 Å². The Labute approximate surface area is 126 Å². The molecule has 6 nitrogen and oxygen atoms in total. The molecule has 0 aliphatic carbocycles. The molecule has 0 aliphatic rings. The zero-order valence-corrected chi connectivity index (χ0v) is 12.4. The Kier molecular flexibility index (Phi) is 3.57. The summed E-state index contributed by atoms with van der Waals surface area (Å²) in [6.45, 7) is 0. The third-order valence-electron chi connectivity index (χ3n) is 2.58. The number of thiophene rings is 1. The Morgan fingerprint density at radius 3 is 2.90 bits per heavy atom. The smallest absolute Gasteiger partial charge is 0.256 e. The van der Waals surface area contributed by atoms with E-state index in [1.54, 1.807) is 17.5 Å². The molecule has 1 amide bonds. The summed E-state index contributed by atoms with van der Waals surface area (Å²) in [6, 6.07) is 9.10. The average molecular weight is 350 g/mol. The molecule has 0 fully saturated rings. The molecule has 0 spiro atoms. The van der Waals surface area contributed by atoms with Crippen molar-refractivity contribution < 1.29 is 4.79 Å². The molecular formula is C12H8BrN5OS. The molecule has 2 heterocycles. The van der Waals surface area contributed by atoms with Gasteiger partial charge in [-0.15, -0.1) is 16.4 Å². The van der Waals surface area contributed by atoms with Gasteiger partial charge in [-0.05, 0) is 44.6 Å². The number of halogens is 1. The van der Waals surface area contributed by atoms with E-state index in [0.717, 1.165) is 3.79 Å². The zero-order valence-electron chi connectivity index (χ0n) is 10.0. The minimum Gasteiger partial charge on any atom is -0.320 e. The summed E-state index contributed by atoms with van der Waals surface area (Å²) in [5.74, 6) is -0.174. The number of aromatic nitrogens is 4. The van der Waals surface area contributed by atoms with Crippen LogP contribution in [0.5, 0.6) is 0 Å². The van der Waals surface area contributed by atoms with E-state index in [1.807, 2.05) is 18.2 Å². The maximum atomic E-state index is 12.2. The van der Waals surface area contributed by atoms with Crippen LogP contribution in [0.25, 0.3) is 5.69 Å². The van der Waals surface area contributed by atoms with Crippen LogP contribution in [-0.4, -0.2) is 26.1 Å². The maximum absolute atomic E-state index is 12.2. The number of carbonyl (C=O) groups is 1. The number of amides is 1. The van der Waals surface area contributed by atoms with Gasteiger partial charge in [-0.3, -0.25) is 4.79 Å². The van der Waals surface area contributed by atoms with Gasteiger partial charge in [0.15, 0.2) is 0 Å². The van der Waals surface area contributed by atoms with Crippen LogP contribution in [0.3, 0.4) is 0 Å². The van der Waals surface area contributed by atoms with E-state index in [-0.39, 0.29) is 5.91 Å². The fraction of sp³-hybridized carbons (Fsp3) is 0. The van der Waals surface area contributed by atoms with Crippen LogP contribution in [-0.2, 0) is 0 Å². The normalized spacial score (nSPS) is 10.4. The van der Waals surface area contributed by atoms with Gasteiger partial charge < -0.3 is 5.32 Å². The summed E-state index contributed by atoms with van der Waals surface area (Å²) in [7, 11) is 0. The van der Waals surface area contributed by atoms with Crippen molar-refractivity contribution in [1.82, 2.24) is 20.2 Å². The first kappa shape index (κ1) is 12.9. The Bertz CT molecular complexity index is 740. The van der Waals surface area contributed by atoms with Gasteiger partial charge in [0.05, 0.1) is 20.7 Å². The van der Waals surface area contributed by atoms with E-state index >= 15 is 0 Å². The van der Waals surface area contributed by atoms with Crippen LogP contribution in [0, 0.1) is 0 Å². The molecule has 0 saturated heterocycles. The lowest BCUT2D eigenvalue weighted by atomic mass is 10.2. The molecule has 0 saturated carbocycles. The molecule has 1 aromatic carbocycles. The first-order chi connectivity index (χ1) is 9.74. The number of nitrogens with zero attached hydrogens (tertiary/aromatic N) is 4. The van der Waals surface area contributed by atoms with Crippen LogP contribution in [0.2, 0.25) is 0 Å². The minimum absolute atomic E-state index is 0.174. The number of carbonyl (C=O) groups excluding carboxylic acids is 1. The second-order valence-corrected chi connectivity index (χ2v) is 6.16. The summed E-state index contributed by atoms with van der Waals surface area (Å²) in [5, 5.41) is 15.7. The molecule has 0 bridgehead atoms. The van der Waals surface area contributed by atoms with Gasteiger partial charge in [-0.1, -0.05) is 12.1 Å². The second-order valence-electron chi connectivity index (χ2n) is 3.87. The topological polar surface area (TPSA) is 72.7 Å². The molecule has 0 unspecified atom stereocenters. The first-order valence-electron chi connectivity index (χ1n) is 5.62. The van der Waals surface area contributed by atoms with Gasteiger partial charge in [-0.2, -0.15) is 4.68 Å². The molecule has 100 valence electrons. The molecule has 0 aliphatic heterocycles. The third kappa shape index (κ3) is 2.61. The van der Waals surface area contributed by atoms with E-state index in [0.29, 0.717) is 16.9 Å². The Morgan fingerprint density at radius 2 is 2.20 bits per heavy atom. The minimum atomic E-state index is -0.174. The van der Waals surface area contributed by atoms with Gasteiger partial charge in [0, 0.05) is 5.38 Å². The average Bonchev–Trinajstić information content (AvgIpc) is 3.10. The predicted octanol–water partition coefficient (Wildman–Crippen LogP) is 2.74. The Balaban J connectivity index is 1.90. The molecule has 3 aromatic rings. The van der Waals surface area contributed by atoms with Crippen LogP contribution in [0.1, 0.15) is 10.4 Å². The number of para-hydroxylation sites is 2. The van der Waals surface area contributed by atoms with Crippen molar-refractivity contribution in [3.05, 3.63) is 51.4 Å². The lowest BCUT2D eigenvalue weighted by molar-refractivity contribution is 0.102. The van der Waals surface area contributed by atoms with Crippen LogP contribution >= 0.6 is 27.3 Å². The second kappa shape index (κ2) is 5.51. The number of rotatable bonds is 3. The molecule has 8 heteroatoms. The molecule has 0 radical (unpaired) electrons. The number of tetrazole rings is 1. The largest absolute Gasteiger partial charge is 0.320 e. The van der Waals surface area contributed by atoms with Gasteiger partial charge >= 0.3 is 0 Å². The summed E-state index contributed by atoms with van der Waals surface area (Å²) < 4.78 is 2.41. The van der Waals surface area contributed by atoms with Crippen LogP contribution in [0.15, 0.2) is 45.8 Å². The van der Waals surface area contributed by atoms with E-state index in [2.05, 4.69) is 36.8 Å². The standard InChI is InChI=1S/C12H8BrN5OS/c13-11-5-8(6-20-11)12(19)15-9-3-1-2-4-10(9)18-7-14-16-17-18/h1-7H,(H,15,19). The highest BCUT2D eigenvalue weighted by molar-refractivity contribution is 9.11. The Morgan fingerprint density at radius 1 is 1.35 bits per heavy atom. The van der Waals surface area contributed by atoms with Gasteiger partial charge in [0.1, 0.15) is 6.33 Å². The highest BCUT2D eigenvalue weighted by Crippen LogP contribution is 2.23. The van der Waals surface area contributed by atoms with Crippen molar-refractivity contribution >= 4 is 38.9 Å². The van der Waals surface area contributed by atoms with Crippen molar-refractivity contribution in [2.75, 3.05) is 5.32 Å². The fourth-order valence-corrected chi connectivity index (χ4v) is 2.81. The number of hydrogen-bond acceptors (Lipinski definition) is 5. The SMILES string of the molecule is O=C(Nc1ccccc1-n1cnnn1)c1csc(Br)c1. The van der Waals surface area contributed by atoms with Crippen molar-refractivity contribution in [2.45, 2.75) is 0 Å². The lowest BCUT2D eigenvalue weighted by Gasteiger charge is -2.09. The molecule has 1 N–H and O–H groups in total. The summed E-state index contributed by atoms with van der Waals surface area (Å²) in [6.07, 6.45) is 1.48. The van der Waals surface area contributed by atoms with Crippen molar-refractivity contribution in [1.29, 1.82) is 0 Å². The van der Waals surface area contributed by atoms with Crippen molar-refractivity contribution in [3.8, 4) is 5.69 Å². The number of benzene rings is 1. The predicted molar refractivity (Wildman–Crippen MR) is 79.1 cm³/mol. The van der Waals surface area contributed by atoms with Crippen molar-refractivity contribution in [3.63, 3.8) is 0 Å². The summed E-state index contributed by atoms with van der Waals surface area (Å²) in [5.41, 5.74) is 1.96. The van der Waals surface area contributed by atoms with E-state index in [9.17, 15) is 4.79 Å². The summed E-state index contributed by atoms with van der Waals surface area (Å²) in [4.78, 5) is 12.2. The van der Waals surface area contributed by atoms with Gasteiger partial charge in [0.2, 0.25) is 0 Å². The summed E-state index contributed by atoms with van der Waals surface area (Å²) >= 11 is 4.80. The maximum Gasteiger partial charge on any atom is 0.256 e. The molecule has 0 atom stereocenters. The van der Waals surface area contributed by atoms with Crippen LogP contribution in [0.4, 0.5) is 5.69 Å². The van der Waals surface area contributed by atoms with E-state index in [1.165, 1.54) is 22.3 Å². The molecule has 20 heavy (non-hydrogen) atoms. The number of anilines is 1.